The lowest BCUT2D eigenvalue weighted by Crippen LogP contribution is -1.72. The highest BCUT2D eigenvalue weighted by molar-refractivity contribution is 5.11. The molecule has 0 nitrogen and oxygen atoms in total. The first-order valence-electron chi connectivity index (χ1n) is 5.63. The molecule has 0 saturated carbocycles. The Kier molecular flexibility index (Phi) is 6.74. The molecule has 0 unspecified atom stereocenters. The van der Waals surface area contributed by atoms with E-state index >= 15 is 0 Å². The highest BCUT2D eigenvalue weighted by Gasteiger charge is 1.82. The highest BCUT2D eigenvalue weighted by atomic mass is 13.9. The van der Waals surface area contributed by atoms with E-state index in [1.165, 1.54) is 38.5 Å². The largest absolute Gasteiger partial charge is 0.0885 e. The molecule has 0 aromatic rings. The van der Waals surface area contributed by atoms with Gasteiger partial charge in [0.25, 0.3) is 0 Å². The minimum Gasteiger partial charge on any atom is -0.0885 e. The molecule has 0 saturated heterocycles. The van der Waals surface area contributed by atoms with Crippen LogP contribution in [-0.2, 0) is 0 Å². The van der Waals surface area contributed by atoms with Crippen LogP contribution in [0.3, 0.4) is 0 Å². The summed E-state index contributed by atoms with van der Waals surface area (Å²) < 4.78 is 0. The minimum absolute atomic E-state index is 1.19. The van der Waals surface area contributed by atoms with E-state index in [9.17, 15) is 0 Å². The summed E-state index contributed by atoms with van der Waals surface area (Å²) in [5.41, 5.74) is 0. The van der Waals surface area contributed by atoms with Crippen molar-refractivity contribution in [1.29, 1.82) is 0 Å². The Labute approximate surface area is 87.7 Å². The van der Waals surface area contributed by atoms with Crippen molar-refractivity contribution in [3.05, 3.63) is 48.6 Å². The highest BCUT2D eigenvalue weighted by Crippen LogP contribution is 2.03. The van der Waals surface area contributed by atoms with Crippen LogP contribution in [0.25, 0.3) is 0 Å². The third-order valence-electron chi connectivity index (χ3n) is 2.26. The predicted molar refractivity (Wildman–Crippen MR) is 64.3 cm³/mol. The van der Waals surface area contributed by atoms with Gasteiger partial charge in [0.2, 0.25) is 0 Å². The average Bonchev–Trinajstić information content (AvgIpc) is 2.22. The zero-order valence-electron chi connectivity index (χ0n) is 8.86. The van der Waals surface area contributed by atoms with Gasteiger partial charge in [0.1, 0.15) is 0 Å². The summed E-state index contributed by atoms with van der Waals surface area (Å²) in [6.45, 7) is 0. The molecule has 0 spiro atoms. The average molecular weight is 188 g/mol. The molecule has 0 aromatic carbocycles. The molecular weight excluding hydrogens is 168 g/mol. The maximum atomic E-state index is 2.32. The molecular formula is C14H20. The number of hydrogen-bond acceptors (Lipinski definition) is 0. The first-order chi connectivity index (χ1) is 7.00. The Hall–Kier alpha value is -1.04. The van der Waals surface area contributed by atoms with E-state index in [0.717, 1.165) is 0 Å². The van der Waals surface area contributed by atoms with E-state index < -0.39 is 0 Å². The molecule has 0 heterocycles. The first-order valence-corrected chi connectivity index (χ1v) is 5.63. The standard InChI is InChI=1S/C14H20/c1-2-4-6-8-10-12-14-13-11-9-7-5-3-1/h1-6,13-14H,7-12H2. The Morgan fingerprint density at radius 1 is 0.429 bits per heavy atom. The molecule has 0 heteroatoms. The summed E-state index contributed by atoms with van der Waals surface area (Å²) in [4.78, 5) is 0. The molecule has 0 radical (unpaired) electrons. The molecule has 0 aliphatic heterocycles. The van der Waals surface area contributed by atoms with Crippen LogP contribution < -0.4 is 0 Å². The van der Waals surface area contributed by atoms with Crippen LogP contribution in [0.2, 0.25) is 0 Å². The molecule has 1 rings (SSSR count). The molecule has 0 bridgehead atoms. The summed E-state index contributed by atoms with van der Waals surface area (Å²) in [5, 5.41) is 0. The lowest BCUT2D eigenvalue weighted by atomic mass is 10.1. The Bertz CT molecular complexity index is 204. The van der Waals surface area contributed by atoms with Gasteiger partial charge < -0.3 is 0 Å². The van der Waals surface area contributed by atoms with Crippen LogP contribution >= 0.6 is 0 Å². The second-order valence-corrected chi connectivity index (χ2v) is 3.57. The lowest BCUT2D eigenvalue weighted by Gasteiger charge is -1.92. The van der Waals surface area contributed by atoms with Gasteiger partial charge in [-0.3, -0.25) is 0 Å². The van der Waals surface area contributed by atoms with Crippen LogP contribution in [0.15, 0.2) is 48.6 Å². The summed E-state index contributed by atoms with van der Waals surface area (Å²) in [6, 6.07) is 0. The van der Waals surface area contributed by atoms with Gasteiger partial charge >= 0.3 is 0 Å². The first kappa shape index (κ1) is 11.0. The second kappa shape index (κ2) is 8.55. The summed E-state index contributed by atoms with van der Waals surface area (Å²) in [5.74, 6) is 0. The molecule has 0 N–H and O–H groups in total. The Balaban J connectivity index is 2.35. The van der Waals surface area contributed by atoms with Crippen molar-refractivity contribution in [3.63, 3.8) is 0 Å². The van der Waals surface area contributed by atoms with E-state index in [1.807, 2.05) is 0 Å². The van der Waals surface area contributed by atoms with Gasteiger partial charge in [-0.15, -0.1) is 0 Å². The number of hydrogen-bond donors (Lipinski definition) is 0. The molecule has 0 fully saturated rings. The van der Waals surface area contributed by atoms with E-state index in [4.69, 9.17) is 0 Å². The van der Waals surface area contributed by atoms with Gasteiger partial charge in [-0.25, -0.2) is 0 Å². The van der Waals surface area contributed by atoms with Crippen molar-refractivity contribution in [2.24, 2.45) is 0 Å². The molecule has 76 valence electrons. The molecule has 1 aliphatic rings. The summed E-state index contributed by atoms with van der Waals surface area (Å²) >= 11 is 0. The fourth-order valence-electron chi connectivity index (χ4n) is 1.42. The monoisotopic (exact) mass is 188 g/mol. The predicted octanol–water partition coefficient (Wildman–Crippen LogP) is 4.57. The molecule has 0 atom stereocenters. The molecule has 0 aromatic heterocycles. The van der Waals surface area contributed by atoms with Crippen molar-refractivity contribution in [1.82, 2.24) is 0 Å². The fourth-order valence-corrected chi connectivity index (χ4v) is 1.42. The summed E-state index contributed by atoms with van der Waals surface area (Å²) in [6.07, 6.45) is 25.0. The van der Waals surface area contributed by atoms with E-state index in [1.54, 1.807) is 0 Å². The zero-order chi connectivity index (χ0) is 9.90. The fraction of sp³-hybridized carbons (Fsp3) is 0.429. The van der Waals surface area contributed by atoms with Crippen molar-refractivity contribution in [3.8, 4) is 0 Å². The maximum absolute atomic E-state index is 2.32. The van der Waals surface area contributed by atoms with Gasteiger partial charge in [-0.05, 0) is 38.5 Å². The van der Waals surface area contributed by atoms with Crippen LogP contribution in [0, 0.1) is 0 Å². The van der Waals surface area contributed by atoms with Crippen LogP contribution in [0.5, 0.6) is 0 Å². The maximum Gasteiger partial charge on any atom is -0.0345 e. The SMILES string of the molecule is C1=CC=CCCCC=CCCCC=C1. The lowest BCUT2D eigenvalue weighted by molar-refractivity contribution is 0.840. The molecule has 14 heavy (non-hydrogen) atoms. The van der Waals surface area contributed by atoms with E-state index in [2.05, 4.69) is 48.6 Å². The topological polar surface area (TPSA) is 0 Å². The van der Waals surface area contributed by atoms with Gasteiger partial charge in [0.15, 0.2) is 0 Å². The number of rotatable bonds is 0. The van der Waals surface area contributed by atoms with Crippen LogP contribution in [0.4, 0.5) is 0 Å². The van der Waals surface area contributed by atoms with Crippen molar-refractivity contribution in [2.45, 2.75) is 38.5 Å². The normalized spacial score (nSPS) is 19.4. The Morgan fingerprint density at radius 2 is 0.857 bits per heavy atom. The van der Waals surface area contributed by atoms with E-state index in [0.29, 0.717) is 0 Å². The van der Waals surface area contributed by atoms with Gasteiger partial charge in [0, 0.05) is 0 Å². The molecule has 1 aliphatic carbocycles. The smallest absolute Gasteiger partial charge is 0.0345 e. The number of allylic oxidation sites excluding steroid dienone is 8. The van der Waals surface area contributed by atoms with Crippen LogP contribution in [0.1, 0.15) is 38.5 Å². The van der Waals surface area contributed by atoms with Crippen LogP contribution in [-0.4, -0.2) is 0 Å². The van der Waals surface area contributed by atoms with Gasteiger partial charge in [-0.2, -0.15) is 0 Å². The minimum atomic E-state index is 1.19. The van der Waals surface area contributed by atoms with Gasteiger partial charge in [0.05, 0.1) is 0 Å². The second-order valence-electron chi connectivity index (χ2n) is 3.57. The third-order valence-corrected chi connectivity index (χ3v) is 2.26. The van der Waals surface area contributed by atoms with Crippen molar-refractivity contribution < 1.29 is 0 Å². The van der Waals surface area contributed by atoms with Gasteiger partial charge in [-0.1, -0.05) is 48.6 Å². The van der Waals surface area contributed by atoms with Crippen molar-refractivity contribution in [2.75, 3.05) is 0 Å². The zero-order valence-corrected chi connectivity index (χ0v) is 8.86. The molecule has 0 amide bonds. The van der Waals surface area contributed by atoms with E-state index in [-0.39, 0.29) is 0 Å². The third kappa shape index (κ3) is 6.47. The quantitative estimate of drug-likeness (QED) is 0.489. The summed E-state index contributed by atoms with van der Waals surface area (Å²) in [7, 11) is 0. The Morgan fingerprint density at radius 3 is 1.36 bits per heavy atom. The van der Waals surface area contributed by atoms with Crippen molar-refractivity contribution >= 4 is 0 Å².